The molecule has 2 unspecified atom stereocenters. The minimum Gasteiger partial charge on any atom is -0.481 e. The van der Waals surface area contributed by atoms with E-state index in [2.05, 4.69) is 5.32 Å². The van der Waals surface area contributed by atoms with E-state index in [1.165, 1.54) is 12.1 Å². The number of nitrogens with zero attached hydrogens (tertiary/aromatic N) is 1. The number of nitro groups is 1. The van der Waals surface area contributed by atoms with E-state index in [1.54, 1.807) is 0 Å². The molecule has 0 aromatic heterocycles. The highest BCUT2D eigenvalue weighted by Gasteiger charge is 2.31. The van der Waals surface area contributed by atoms with E-state index < -0.39 is 34.4 Å². The first kappa shape index (κ1) is 18.2. The van der Waals surface area contributed by atoms with Gasteiger partial charge in [0.1, 0.15) is 5.56 Å². The van der Waals surface area contributed by atoms with E-state index in [4.69, 9.17) is 11.6 Å². The topological polar surface area (TPSA) is 110 Å². The monoisotopic (exact) mass is 354 g/mol. The molecule has 1 aliphatic carbocycles. The number of carbonyl (C=O) groups is 2. The first-order valence-electron chi connectivity index (χ1n) is 7.87. The lowest BCUT2D eigenvalue weighted by Gasteiger charge is -2.27. The van der Waals surface area contributed by atoms with Gasteiger partial charge in [-0.05, 0) is 25.0 Å². The van der Waals surface area contributed by atoms with Crippen LogP contribution in [0.15, 0.2) is 18.2 Å². The van der Waals surface area contributed by atoms with Crippen LogP contribution in [0.2, 0.25) is 5.02 Å². The summed E-state index contributed by atoms with van der Waals surface area (Å²) in [6, 6.07) is 3.26. The lowest BCUT2D eigenvalue weighted by atomic mass is 9.86. The van der Waals surface area contributed by atoms with E-state index in [-0.39, 0.29) is 10.6 Å². The largest absolute Gasteiger partial charge is 0.481 e. The Morgan fingerprint density at radius 2 is 1.88 bits per heavy atom. The van der Waals surface area contributed by atoms with E-state index in [1.807, 2.05) is 0 Å². The summed E-state index contributed by atoms with van der Waals surface area (Å²) in [6.07, 6.45) is 4.61. The van der Waals surface area contributed by atoms with Crippen LogP contribution in [0.1, 0.15) is 48.9 Å². The quantitative estimate of drug-likeness (QED) is 0.636. The van der Waals surface area contributed by atoms with Gasteiger partial charge in [0.25, 0.3) is 11.6 Å². The van der Waals surface area contributed by atoms with Crippen LogP contribution in [0.25, 0.3) is 0 Å². The Balaban J connectivity index is 2.23. The summed E-state index contributed by atoms with van der Waals surface area (Å²) in [5.74, 6) is -2.27. The predicted molar refractivity (Wildman–Crippen MR) is 88.2 cm³/mol. The van der Waals surface area contributed by atoms with Crippen molar-refractivity contribution in [3.63, 3.8) is 0 Å². The van der Waals surface area contributed by atoms with Crippen LogP contribution < -0.4 is 5.32 Å². The number of nitrogens with one attached hydrogen (secondary N) is 1. The van der Waals surface area contributed by atoms with Gasteiger partial charge in [-0.15, -0.1) is 0 Å². The van der Waals surface area contributed by atoms with Gasteiger partial charge in [0.05, 0.1) is 10.8 Å². The molecule has 8 heteroatoms. The summed E-state index contributed by atoms with van der Waals surface area (Å²) in [5.41, 5.74) is -0.506. The highest BCUT2D eigenvalue weighted by molar-refractivity contribution is 6.31. The summed E-state index contributed by atoms with van der Waals surface area (Å²) in [6.45, 7) is 0. The molecule has 24 heavy (non-hydrogen) atoms. The number of hydrogen-bond donors (Lipinski definition) is 2. The molecule has 1 fully saturated rings. The summed E-state index contributed by atoms with van der Waals surface area (Å²) >= 11 is 5.75. The fourth-order valence-electron chi connectivity index (χ4n) is 3.05. The highest BCUT2D eigenvalue weighted by atomic mass is 35.5. The van der Waals surface area contributed by atoms with E-state index in [9.17, 15) is 24.8 Å². The van der Waals surface area contributed by atoms with E-state index >= 15 is 0 Å². The number of carboxylic acid groups (broad SMARTS) is 1. The van der Waals surface area contributed by atoms with Crippen LogP contribution in [0.5, 0.6) is 0 Å². The molecule has 7 nitrogen and oxygen atoms in total. The van der Waals surface area contributed by atoms with Crippen molar-refractivity contribution in [1.82, 2.24) is 5.32 Å². The smallest absolute Gasteiger partial charge is 0.308 e. The first-order chi connectivity index (χ1) is 11.4. The third-order valence-electron chi connectivity index (χ3n) is 4.30. The van der Waals surface area contributed by atoms with Gasteiger partial charge in [0, 0.05) is 17.1 Å². The number of amides is 1. The molecule has 0 radical (unpaired) electrons. The van der Waals surface area contributed by atoms with Gasteiger partial charge in [0.15, 0.2) is 0 Å². The van der Waals surface area contributed by atoms with E-state index in [0.717, 1.165) is 31.7 Å². The fourth-order valence-corrected chi connectivity index (χ4v) is 3.21. The second-order valence-electron chi connectivity index (χ2n) is 5.93. The Kier molecular flexibility index (Phi) is 6.14. The van der Waals surface area contributed by atoms with Crippen molar-refractivity contribution < 1.29 is 19.6 Å². The highest BCUT2D eigenvalue weighted by Crippen LogP contribution is 2.26. The van der Waals surface area contributed by atoms with Crippen molar-refractivity contribution in [2.24, 2.45) is 5.92 Å². The summed E-state index contributed by atoms with van der Waals surface area (Å²) in [7, 11) is 0. The molecule has 1 aromatic carbocycles. The molecule has 0 heterocycles. The normalized spacial score (nSPS) is 21.4. The minimum absolute atomic E-state index is 0.115. The van der Waals surface area contributed by atoms with Crippen molar-refractivity contribution in [3.05, 3.63) is 38.9 Å². The Labute approximate surface area is 144 Å². The van der Waals surface area contributed by atoms with Crippen LogP contribution in [0.4, 0.5) is 5.69 Å². The van der Waals surface area contributed by atoms with Crippen molar-refractivity contribution in [2.45, 2.75) is 44.6 Å². The molecule has 1 aliphatic rings. The van der Waals surface area contributed by atoms with Gasteiger partial charge in [0.2, 0.25) is 0 Å². The van der Waals surface area contributed by atoms with Crippen molar-refractivity contribution in [2.75, 3.05) is 0 Å². The number of benzene rings is 1. The maximum atomic E-state index is 12.5. The van der Waals surface area contributed by atoms with Crippen molar-refractivity contribution >= 4 is 29.2 Å². The third kappa shape index (κ3) is 4.44. The summed E-state index contributed by atoms with van der Waals surface area (Å²) < 4.78 is 0. The number of nitro benzene ring substituents is 1. The second kappa shape index (κ2) is 8.10. The molecular weight excluding hydrogens is 336 g/mol. The number of hydrogen-bond acceptors (Lipinski definition) is 4. The standard InChI is InChI=1S/C16H19ClN2O5/c17-10-7-8-12(14(9-10)19(23)24)15(20)18-13-6-4-2-1-3-5-11(13)16(21)22/h7-9,11,13H,1-6H2,(H,18,20)(H,21,22). The Hall–Kier alpha value is -2.15. The lowest BCUT2D eigenvalue weighted by Crippen LogP contribution is -2.44. The fraction of sp³-hybridized carbons (Fsp3) is 0.500. The number of carbonyl (C=O) groups excluding carboxylic acids is 1. The van der Waals surface area contributed by atoms with Gasteiger partial charge < -0.3 is 10.4 Å². The van der Waals surface area contributed by atoms with Gasteiger partial charge >= 0.3 is 5.97 Å². The third-order valence-corrected chi connectivity index (χ3v) is 4.54. The molecule has 0 saturated heterocycles. The SMILES string of the molecule is O=C(NC1CCCCCCC1C(=O)O)c1ccc(Cl)cc1[N+](=O)[O-]. The van der Waals surface area contributed by atoms with Crippen LogP contribution in [0.3, 0.4) is 0 Å². The maximum absolute atomic E-state index is 12.5. The van der Waals surface area contributed by atoms with Crippen LogP contribution in [-0.4, -0.2) is 27.9 Å². The number of carboxylic acids is 1. The zero-order valence-corrected chi connectivity index (χ0v) is 13.8. The summed E-state index contributed by atoms with van der Waals surface area (Å²) in [5, 5.41) is 23.4. The average Bonchev–Trinajstić information content (AvgIpc) is 2.49. The zero-order chi connectivity index (χ0) is 17.7. The average molecular weight is 355 g/mol. The van der Waals surface area contributed by atoms with Crippen LogP contribution in [-0.2, 0) is 4.79 Å². The zero-order valence-electron chi connectivity index (χ0n) is 13.0. The number of halogens is 1. The molecule has 0 spiro atoms. The van der Waals surface area contributed by atoms with Crippen molar-refractivity contribution in [3.8, 4) is 0 Å². The second-order valence-corrected chi connectivity index (χ2v) is 6.37. The lowest BCUT2D eigenvalue weighted by molar-refractivity contribution is -0.385. The molecule has 0 bridgehead atoms. The molecule has 2 atom stereocenters. The molecule has 2 N–H and O–H groups in total. The maximum Gasteiger partial charge on any atom is 0.308 e. The first-order valence-corrected chi connectivity index (χ1v) is 8.25. The van der Waals surface area contributed by atoms with Crippen molar-refractivity contribution in [1.29, 1.82) is 0 Å². The minimum atomic E-state index is -0.951. The van der Waals surface area contributed by atoms with Gasteiger partial charge in [-0.25, -0.2) is 0 Å². The van der Waals surface area contributed by atoms with Crippen LogP contribution >= 0.6 is 11.6 Å². The van der Waals surface area contributed by atoms with E-state index in [0.29, 0.717) is 12.8 Å². The van der Waals surface area contributed by atoms with Crippen LogP contribution in [0, 0.1) is 16.0 Å². The Morgan fingerprint density at radius 3 is 2.50 bits per heavy atom. The van der Waals surface area contributed by atoms with Gasteiger partial charge in [-0.3, -0.25) is 19.7 Å². The molecule has 1 amide bonds. The van der Waals surface area contributed by atoms with Gasteiger partial charge in [-0.1, -0.05) is 37.3 Å². The molecule has 1 saturated carbocycles. The Bertz CT molecular complexity index is 649. The molecule has 130 valence electrons. The van der Waals surface area contributed by atoms with Gasteiger partial charge in [-0.2, -0.15) is 0 Å². The summed E-state index contributed by atoms with van der Waals surface area (Å²) in [4.78, 5) is 34.4. The molecule has 2 rings (SSSR count). The predicted octanol–water partition coefficient (Wildman–Crippen LogP) is 3.40. The Morgan fingerprint density at radius 1 is 1.21 bits per heavy atom. The molecule has 0 aliphatic heterocycles. The number of rotatable bonds is 4. The number of aliphatic carboxylic acids is 1. The molecular formula is C16H19ClN2O5. The molecule has 1 aromatic rings.